The molecule has 6 nitrogen and oxygen atoms in total. The van der Waals surface area contributed by atoms with Crippen molar-refractivity contribution in [2.24, 2.45) is 4.99 Å². The summed E-state index contributed by atoms with van der Waals surface area (Å²) in [6.45, 7) is 9.41. The van der Waals surface area contributed by atoms with E-state index in [0.717, 1.165) is 35.6 Å². The molecule has 0 unspecified atom stereocenters. The fourth-order valence-electron chi connectivity index (χ4n) is 3.50. The highest BCUT2D eigenvalue weighted by atomic mass is 35.5. The van der Waals surface area contributed by atoms with Crippen molar-refractivity contribution < 1.29 is 4.79 Å². The van der Waals surface area contributed by atoms with E-state index in [1.807, 2.05) is 30.7 Å². The van der Waals surface area contributed by atoms with Gasteiger partial charge < -0.3 is 5.32 Å². The lowest BCUT2D eigenvalue weighted by Gasteiger charge is -2.14. The maximum atomic E-state index is 12.8. The van der Waals surface area contributed by atoms with E-state index in [1.54, 1.807) is 30.3 Å². The number of nitrogens with zero attached hydrogens (tertiary/aromatic N) is 3. The minimum absolute atomic E-state index is 0.295. The first-order valence-corrected chi connectivity index (χ1v) is 11.2. The molecule has 168 valence electrons. The summed E-state index contributed by atoms with van der Waals surface area (Å²) >= 11 is 12.1. The number of aryl methyl sites for hydroxylation is 3. The summed E-state index contributed by atoms with van der Waals surface area (Å²) < 4.78 is 1.99. The molecule has 8 heteroatoms. The molecule has 3 rings (SSSR count). The number of rotatable bonds is 6. The van der Waals surface area contributed by atoms with Gasteiger partial charge in [-0.2, -0.15) is 5.10 Å². The SMILES string of the molecule is CCn1nc(C)c(CCN=C(NC(=O)c2cccc(Cl)c2)Nc2ccc(Cl)cc2C)c1C. The monoisotopic (exact) mass is 471 g/mol. The number of guanidine groups is 1. The highest BCUT2D eigenvalue weighted by Crippen LogP contribution is 2.20. The Morgan fingerprint density at radius 1 is 1.09 bits per heavy atom. The van der Waals surface area contributed by atoms with Crippen molar-refractivity contribution in [3.05, 3.63) is 80.6 Å². The minimum Gasteiger partial charge on any atom is -0.326 e. The molecule has 0 fully saturated rings. The molecular formula is C24H27Cl2N5O. The van der Waals surface area contributed by atoms with Gasteiger partial charge in [0.05, 0.1) is 5.69 Å². The van der Waals surface area contributed by atoms with E-state index in [9.17, 15) is 4.79 Å². The van der Waals surface area contributed by atoms with Crippen molar-refractivity contribution in [3.63, 3.8) is 0 Å². The van der Waals surface area contributed by atoms with E-state index in [0.29, 0.717) is 28.1 Å². The van der Waals surface area contributed by atoms with E-state index < -0.39 is 0 Å². The predicted octanol–water partition coefficient (Wildman–Crippen LogP) is 5.58. The largest absolute Gasteiger partial charge is 0.326 e. The van der Waals surface area contributed by atoms with Gasteiger partial charge >= 0.3 is 0 Å². The standard InChI is InChI=1S/C24H27Cl2N5O/c1-5-31-17(4)21(16(3)30-31)11-12-27-24(28-22-10-9-20(26)13-15(22)2)29-23(32)18-7-6-8-19(25)14-18/h6-10,13-14H,5,11-12H2,1-4H3,(H2,27,28,29,32). The Balaban J connectivity index is 1.82. The van der Waals surface area contributed by atoms with Crippen molar-refractivity contribution in [3.8, 4) is 0 Å². The Hall–Kier alpha value is -2.83. The molecule has 0 aliphatic carbocycles. The molecule has 0 saturated heterocycles. The summed E-state index contributed by atoms with van der Waals surface area (Å²) in [7, 11) is 0. The summed E-state index contributed by atoms with van der Waals surface area (Å²) in [5.41, 5.74) is 5.54. The third-order valence-corrected chi connectivity index (χ3v) is 5.69. The van der Waals surface area contributed by atoms with Gasteiger partial charge in [0.2, 0.25) is 5.96 Å². The summed E-state index contributed by atoms with van der Waals surface area (Å²) in [4.78, 5) is 17.4. The Labute approximate surface area is 198 Å². The van der Waals surface area contributed by atoms with Gasteiger partial charge in [0.25, 0.3) is 5.91 Å². The van der Waals surface area contributed by atoms with E-state index in [1.165, 1.54) is 5.56 Å². The number of carbonyl (C=O) groups excluding carboxylic acids is 1. The quantitative estimate of drug-likeness (QED) is 0.364. The number of amides is 1. The molecule has 32 heavy (non-hydrogen) atoms. The van der Waals surface area contributed by atoms with Crippen molar-refractivity contribution in [2.75, 3.05) is 11.9 Å². The Kier molecular flexibility index (Phi) is 7.94. The normalized spacial score (nSPS) is 11.5. The van der Waals surface area contributed by atoms with E-state index >= 15 is 0 Å². The maximum Gasteiger partial charge on any atom is 0.258 e. The van der Waals surface area contributed by atoms with Crippen LogP contribution in [0.4, 0.5) is 5.69 Å². The van der Waals surface area contributed by atoms with Crippen LogP contribution in [0.2, 0.25) is 10.0 Å². The summed E-state index contributed by atoms with van der Waals surface area (Å²) in [6, 6.07) is 12.3. The lowest BCUT2D eigenvalue weighted by Crippen LogP contribution is -2.36. The van der Waals surface area contributed by atoms with Crippen LogP contribution in [0.5, 0.6) is 0 Å². The second kappa shape index (κ2) is 10.7. The Bertz CT molecular complexity index is 1150. The molecule has 0 radical (unpaired) electrons. The van der Waals surface area contributed by atoms with E-state index in [-0.39, 0.29) is 5.91 Å². The first kappa shape index (κ1) is 23.8. The zero-order valence-corrected chi connectivity index (χ0v) is 20.2. The maximum absolute atomic E-state index is 12.8. The minimum atomic E-state index is -0.295. The van der Waals surface area contributed by atoms with Gasteiger partial charge in [0, 0.05) is 40.1 Å². The molecule has 1 amide bonds. The molecule has 0 aliphatic heterocycles. The Morgan fingerprint density at radius 3 is 2.50 bits per heavy atom. The fraction of sp³-hybridized carbons (Fsp3) is 0.292. The average molecular weight is 472 g/mol. The first-order valence-electron chi connectivity index (χ1n) is 10.5. The van der Waals surface area contributed by atoms with Gasteiger partial charge in [0.15, 0.2) is 0 Å². The number of carbonyl (C=O) groups is 1. The first-order chi connectivity index (χ1) is 15.3. The topological polar surface area (TPSA) is 71.3 Å². The number of hydrogen-bond donors (Lipinski definition) is 2. The second-order valence-corrected chi connectivity index (χ2v) is 8.37. The van der Waals surface area contributed by atoms with Gasteiger partial charge in [-0.3, -0.25) is 19.8 Å². The number of aliphatic imine (C=N–C) groups is 1. The molecule has 0 saturated carbocycles. The van der Waals surface area contributed by atoms with Gasteiger partial charge in [-0.15, -0.1) is 0 Å². The van der Waals surface area contributed by atoms with Crippen LogP contribution < -0.4 is 10.6 Å². The van der Waals surface area contributed by atoms with E-state index in [2.05, 4.69) is 34.6 Å². The van der Waals surface area contributed by atoms with Crippen LogP contribution in [-0.4, -0.2) is 28.2 Å². The molecule has 2 aromatic carbocycles. The smallest absolute Gasteiger partial charge is 0.258 e. The van der Waals surface area contributed by atoms with Crippen molar-refractivity contribution in [2.45, 2.75) is 40.7 Å². The Morgan fingerprint density at radius 2 is 1.84 bits per heavy atom. The number of anilines is 1. The van der Waals surface area contributed by atoms with Crippen LogP contribution in [-0.2, 0) is 13.0 Å². The third-order valence-electron chi connectivity index (χ3n) is 5.22. The van der Waals surface area contributed by atoms with Crippen molar-refractivity contribution in [1.29, 1.82) is 0 Å². The molecule has 1 heterocycles. The molecule has 0 spiro atoms. The highest BCUT2D eigenvalue weighted by molar-refractivity contribution is 6.31. The zero-order chi connectivity index (χ0) is 23.3. The summed E-state index contributed by atoms with van der Waals surface area (Å²) in [5, 5.41) is 11.8. The van der Waals surface area contributed by atoms with Gasteiger partial charge in [0.1, 0.15) is 0 Å². The lowest BCUT2D eigenvalue weighted by atomic mass is 10.1. The van der Waals surface area contributed by atoms with Gasteiger partial charge in [-0.25, -0.2) is 0 Å². The van der Waals surface area contributed by atoms with Crippen molar-refractivity contribution >= 4 is 40.8 Å². The summed E-state index contributed by atoms with van der Waals surface area (Å²) in [6.07, 6.45) is 0.718. The average Bonchev–Trinajstić information content (AvgIpc) is 3.03. The lowest BCUT2D eigenvalue weighted by molar-refractivity contribution is 0.0977. The molecule has 2 N–H and O–H groups in total. The number of halogens is 2. The number of benzene rings is 2. The van der Waals surface area contributed by atoms with Gasteiger partial charge in [-0.05, 0) is 81.6 Å². The van der Waals surface area contributed by atoms with E-state index in [4.69, 9.17) is 23.2 Å². The number of aromatic nitrogens is 2. The van der Waals surface area contributed by atoms with Crippen LogP contribution in [0, 0.1) is 20.8 Å². The number of hydrogen-bond acceptors (Lipinski definition) is 3. The second-order valence-electron chi connectivity index (χ2n) is 7.49. The molecule has 0 bridgehead atoms. The molecule has 0 atom stereocenters. The van der Waals surface area contributed by atoms with Crippen LogP contribution in [0.3, 0.4) is 0 Å². The molecule has 0 aliphatic rings. The highest BCUT2D eigenvalue weighted by Gasteiger charge is 2.13. The van der Waals surface area contributed by atoms with Crippen LogP contribution in [0.25, 0.3) is 0 Å². The zero-order valence-electron chi connectivity index (χ0n) is 18.7. The third kappa shape index (κ3) is 5.90. The molecule has 3 aromatic rings. The molecular weight excluding hydrogens is 445 g/mol. The number of nitrogens with one attached hydrogen (secondary N) is 2. The summed E-state index contributed by atoms with van der Waals surface area (Å²) in [5.74, 6) is 0.0649. The van der Waals surface area contributed by atoms with Crippen molar-refractivity contribution in [1.82, 2.24) is 15.1 Å². The predicted molar refractivity (Wildman–Crippen MR) is 132 cm³/mol. The van der Waals surface area contributed by atoms with Crippen LogP contribution in [0.1, 0.15) is 39.8 Å². The molecule has 1 aromatic heterocycles. The fourth-order valence-corrected chi connectivity index (χ4v) is 3.91. The van der Waals surface area contributed by atoms with Gasteiger partial charge in [-0.1, -0.05) is 29.3 Å². The van der Waals surface area contributed by atoms with Crippen LogP contribution >= 0.6 is 23.2 Å². The van der Waals surface area contributed by atoms with Crippen LogP contribution in [0.15, 0.2) is 47.5 Å².